The molecule has 0 spiro atoms. The van der Waals surface area contributed by atoms with Crippen molar-refractivity contribution in [1.82, 2.24) is 4.98 Å². The molecule has 0 fully saturated rings. The van der Waals surface area contributed by atoms with Crippen LogP contribution in [0.5, 0.6) is 0 Å². The maximum Gasteiger partial charge on any atom is 0.224 e. The van der Waals surface area contributed by atoms with Crippen LogP contribution in [0.2, 0.25) is 0 Å². The van der Waals surface area contributed by atoms with Crippen molar-refractivity contribution in [3.05, 3.63) is 83.4 Å². The van der Waals surface area contributed by atoms with Crippen LogP contribution >= 0.6 is 0 Å². The molecule has 1 N–H and O–H groups in total. The van der Waals surface area contributed by atoms with Gasteiger partial charge in [-0.15, -0.1) is 0 Å². The number of benzene rings is 2. The molecule has 4 nitrogen and oxygen atoms in total. The molecule has 3 aromatic rings. The first kappa shape index (κ1) is 15.7. The smallest absolute Gasteiger partial charge is 0.224 e. The molecule has 0 atom stereocenters. The van der Waals surface area contributed by atoms with E-state index in [1.807, 2.05) is 66.7 Å². The maximum atomic E-state index is 11.4. The van der Waals surface area contributed by atoms with Crippen molar-refractivity contribution in [2.24, 2.45) is 0 Å². The second-order valence-corrected chi connectivity index (χ2v) is 5.42. The Labute approximate surface area is 140 Å². The van der Waals surface area contributed by atoms with Gasteiger partial charge in [0, 0.05) is 19.4 Å². The molecule has 120 valence electrons. The third-order valence-electron chi connectivity index (χ3n) is 3.44. The molecule has 0 saturated carbocycles. The molecule has 4 heteroatoms. The molecule has 1 aromatic heterocycles. The Morgan fingerprint density at radius 2 is 1.71 bits per heavy atom. The highest BCUT2D eigenvalue weighted by Crippen LogP contribution is 2.22. The zero-order chi connectivity index (χ0) is 16.8. The lowest BCUT2D eigenvalue weighted by Gasteiger charge is -2.01. The fourth-order valence-electron chi connectivity index (χ4n) is 2.34. The van der Waals surface area contributed by atoms with Crippen LogP contribution in [0, 0.1) is 0 Å². The summed E-state index contributed by atoms with van der Waals surface area (Å²) in [5, 5.41) is 2.71. The van der Waals surface area contributed by atoms with E-state index in [1.165, 1.54) is 6.92 Å². The van der Waals surface area contributed by atoms with Gasteiger partial charge in [-0.25, -0.2) is 4.98 Å². The Morgan fingerprint density at radius 1 is 1.04 bits per heavy atom. The minimum Gasteiger partial charge on any atom is -0.421 e. The third kappa shape index (κ3) is 4.20. The molecule has 0 aliphatic rings. The van der Waals surface area contributed by atoms with E-state index < -0.39 is 0 Å². The van der Waals surface area contributed by atoms with Crippen LogP contribution in [0.3, 0.4) is 0 Å². The van der Waals surface area contributed by atoms with Crippen molar-refractivity contribution in [2.75, 3.05) is 5.32 Å². The Kier molecular flexibility index (Phi) is 4.87. The van der Waals surface area contributed by atoms with Crippen LogP contribution in [0.1, 0.15) is 29.6 Å². The Morgan fingerprint density at radius 3 is 2.38 bits per heavy atom. The molecule has 2 aromatic carbocycles. The summed E-state index contributed by atoms with van der Waals surface area (Å²) < 4.78 is 5.69. The van der Waals surface area contributed by atoms with Crippen molar-refractivity contribution in [1.29, 1.82) is 0 Å². The maximum absolute atomic E-state index is 11.4. The molecule has 24 heavy (non-hydrogen) atoms. The third-order valence-corrected chi connectivity index (χ3v) is 3.44. The molecular formula is C20H18N2O2. The second kappa shape index (κ2) is 7.42. The van der Waals surface area contributed by atoms with Gasteiger partial charge in [0.1, 0.15) is 5.69 Å². The number of aromatic nitrogens is 1. The number of carbonyl (C=O) groups is 1. The van der Waals surface area contributed by atoms with E-state index in [0.29, 0.717) is 23.9 Å². The zero-order valence-corrected chi connectivity index (χ0v) is 13.4. The first-order valence-corrected chi connectivity index (χ1v) is 7.75. The van der Waals surface area contributed by atoms with Gasteiger partial charge in [-0.2, -0.15) is 0 Å². The van der Waals surface area contributed by atoms with Crippen LogP contribution in [0.25, 0.3) is 12.2 Å². The lowest BCUT2D eigenvalue weighted by atomic mass is 10.1. The summed E-state index contributed by atoms with van der Waals surface area (Å²) in [7, 11) is 0. The van der Waals surface area contributed by atoms with E-state index in [2.05, 4.69) is 10.3 Å². The monoisotopic (exact) mass is 318 g/mol. The van der Waals surface area contributed by atoms with Gasteiger partial charge in [-0.1, -0.05) is 60.7 Å². The SMILES string of the molecule is CC(=O)Nc1oc(/C=C/c2ccccc2)nc1Cc1ccccc1. The van der Waals surface area contributed by atoms with Gasteiger partial charge in [-0.3, -0.25) is 10.1 Å². The van der Waals surface area contributed by atoms with Gasteiger partial charge in [-0.05, 0) is 17.2 Å². The minimum atomic E-state index is -0.181. The summed E-state index contributed by atoms with van der Waals surface area (Å²) in [4.78, 5) is 15.9. The van der Waals surface area contributed by atoms with Crippen LogP contribution in [0.15, 0.2) is 65.1 Å². The van der Waals surface area contributed by atoms with Gasteiger partial charge in [0.2, 0.25) is 17.7 Å². The standard InChI is InChI=1S/C20H18N2O2/c1-15(23)21-20-18(14-17-10-6-3-7-11-17)22-19(24-20)13-12-16-8-4-2-5-9-16/h2-13H,14H2,1H3,(H,21,23)/b13-12+. The topological polar surface area (TPSA) is 55.1 Å². The summed E-state index contributed by atoms with van der Waals surface area (Å²) in [6.07, 6.45) is 4.32. The van der Waals surface area contributed by atoms with E-state index in [9.17, 15) is 4.79 Å². The van der Waals surface area contributed by atoms with Crippen LogP contribution in [-0.2, 0) is 11.2 Å². The quantitative estimate of drug-likeness (QED) is 0.759. The van der Waals surface area contributed by atoms with Gasteiger partial charge >= 0.3 is 0 Å². The number of oxazole rings is 1. The van der Waals surface area contributed by atoms with Gasteiger partial charge in [0.05, 0.1) is 0 Å². The van der Waals surface area contributed by atoms with E-state index in [0.717, 1.165) is 11.1 Å². The molecule has 3 rings (SSSR count). The highest BCUT2D eigenvalue weighted by Gasteiger charge is 2.13. The number of carbonyl (C=O) groups excluding carboxylic acids is 1. The number of hydrogen-bond donors (Lipinski definition) is 1. The van der Waals surface area contributed by atoms with Crippen molar-refractivity contribution in [3.8, 4) is 0 Å². The normalized spacial score (nSPS) is 10.9. The lowest BCUT2D eigenvalue weighted by molar-refractivity contribution is -0.114. The molecule has 0 unspecified atom stereocenters. The average molecular weight is 318 g/mol. The van der Waals surface area contributed by atoms with Crippen LogP contribution < -0.4 is 5.32 Å². The molecule has 0 saturated heterocycles. The van der Waals surface area contributed by atoms with E-state index in [1.54, 1.807) is 6.08 Å². The van der Waals surface area contributed by atoms with E-state index in [4.69, 9.17) is 4.42 Å². The summed E-state index contributed by atoms with van der Waals surface area (Å²) in [5.74, 6) is 0.687. The van der Waals surface area contributed by atoms with Crippen LogP contribution in [-0.4, -0.2) is 10.9 Å². The Hall–Kier alpha value is -3.14. The second-order valence-electron chi connectivity index (χ2n) is 5.42. The molecule has 0 radical (unpaired) electrons. The molecule has 1 heterocycles. The fraction of sp³-hybridized carbons (Fsp3) is 0.100. The van der Waals surface area contributed by atoms with E-state index >= 15 is 0 Å². The van der Waals surface area contributed by atoms with Crippen molar-refractivity contribution in [2.45, 2.75) is 13.3 Å². The molecule has 0 bridgehead atoms. The first-order valence-electron chi connectivity index (χ1n) is 7.75. The number of anilines is 1. The van der Waals surface area contributed by atoms with Gasteiger partial charge in [0.15, 0.2) is 0 Å². The zero-order valence-electron chi connectivity index (χ0n) is 13.4. The van der Waals surface area contributed by atoms with Crippen molar-refractivity contribution in [3.63, 3.8) is 0 Å². The number of amides is 1. The minimum absolute atomic E-state index is 0.181. The largest absolute Gasteiger partial charge is 0.421 e. The highest BCUT2D eigenvalue weighted by atomic mass is 16.4. The number of nitrogens with one attached hydrogen (secondary N) is 1. The number of nitrogens with zero attached hydrogens (tertiary/aromatic N) is 1. The first-order chi connectivity index (χ1) is 11.7. The van der Waals surface area contributed by atoms with E-state index in [-0.39, 0.29) is 5.91 Å². The van der Waals surface area contributed by atoms with Crippen molar-refractivity contribution < 1.29 is 9.21 Å². The Balaban J connectivity index is 1.85. The predicted molar refractivity (Wildman–Crippen MR) is 95.4 cm³/mol. The lowest BCUT2D eigenvalue weighted by Crippen LogP contribution is -2.07. The molecular weight excluding hydrogens is 300 g/mol. The Bertz CT molecular complexity index is 837. The number of rotatable bonds is 5. The summed E-state index contributed by atoms with van der Waals surface area (Å²) >= 11 is 0. The average Bonchev–Trinajstić information content (AvgIpc) is 2.96. The number of hydrogen-bond acceptors (Lipinski definition) is 3. The molecule has 0 aliphatic heterocycles. The van der Waals surface area contributed by atoms with Crippen LogP contribution in [0.4, 0.5) is 5.88 Å². The summed E-state index contributed by atoms with van der Waals surface area (Å²) in [6, 6.07) is 19.9. The highest BCUT2D eigenvalue weighted by molar-refractivity contribution is 5.87. The van der Waals surface area contributed by atoms with Gasteiger partial charge in [0.25, 0.3) is 0 Å². The molecule has 1 amide bonds. The summed E-state index contributed by atoms with van der Waals surface area (Å²) in [6.45, 7) is 1.45. The predicted octanol–water partition coefficient (Wildman–Crippen LogP) is 4.39. The van der Waals surface area contributed by atoms with Gasteiger partial charge < -0.3 is 4.42 Å². The summed E-state index contributed by atoms with van der Waals surface area (Å²) in [5.41, 5.74) is 2.88. The fourth-order valence-corrected chi connectivity index (χ4v) is 2.34. The molecule has 0 aliphatic carbocycles. The van der Waals surface area contributed by atoms with Crippen molar-refractivity contribution >= 4 is 23.9 Å².